The number of carbonyl (C=O) groups is 2. The van der Waals surface area contributed by atoms with Crippen LogP contribution in [0.2, 0.25) is 0 Å². The van der Waals surface area contributed by atoms with Crippen LogP contribution in [0.5, 0.6) is 0 Å². The van der Waals surface area contributed by atoms with Gasteiger partial charge in [0.05, 0.1) is 0 Å². The van der Waals surface area contributed by atoms with Gasteiger partial charge in [0.15, 0.2) is 0 Å². The molecule has 0 aromatic rings. The van der Waals surface area contributed by atoms with Crippen LogP contribution in [-0.4, -0.2) is 34.7 Å². The van der Waals surface area contributed by atoms with Crippen molar-refractivity contribution in [2.45, 2.75) is 52.5 Å². The van der Waals surface area contributed by atoms with Crippen LogP contribution in [0.4, 0.5) is 4.79 Å². The lowest BCUT2D eigenvalue weighted by atomic mass is 9.67. The molecule has 1 heterocycles. The van der Waals surface area contributed by atoms with Gasteiger partial charge in [0, 0.05) is 6.54 Å². The molecule has 1 saturated carbocycles. The van der Waals surface area contributed by atoms with E-state index in [4.69, 9.17) is 0 Å². The summed E-state index contributed by atoms with van der Waals surface area (Å²) in [4.78, 5) is 26.8. The Bertz CT molecular complexity index is 415. The Balaban J connectivity index is 2.23. The van der Waals surface area contributed by atoms with E-state index in [1.807, 2.05) is 0 Å². The molecule has 1 saturated heterocycles. The van der Waals surface area contributed by atoms with Crippen LogP contribution < -0.4 is 5.32 Å². The molecule has 2 aliphatic rings. The van der Waals surface area contributed by atoms with Gasteiger partial charge in [-0.15, -0.1) is 0 Å². The molecule has 120 valence electrons. The lowest BCUT2D eigenvalue weighted by molar-refractivity contribution is -0.137. The zero-order chi connectivity index (χ0) is 15.8. The van der Waals surface area contributed by atoms with Gasteiger partial charge in [-0.25, -0.2) is 4.79 Å². The summed E-state index contributed by atoms with van der Waals surface area (Å²) in [6, 6.07) is -0.215. The average Bonchev–Trinajstić information content (AvgIpc) is 2.66. The number of amides is 3. The standard InChI is InChI=1S/C16H28N2O2S/c1-10(2)13(9-21)8-18-14(19)16(17-15(18)20)11(3)6-5-7-12(16)4/h10-13,21H,5-9H2,1-4H3,(H,17,20). The quantitative estimate of drug-likeness (QED) is 0.619. The molecule has 4 nitrogen and oxygen atoms in total. The molecule has 5 heteroatoms. The van der Waals surface area contributed by atoms with Crippen LogP contribution in [0, 0.1) is 23.7 Å². The molecule has 0 aromatic carbocycles. The summed E-state index contributed by atoms with van der Waals surface area (Å²) >= 11 is 4.37. The molecule has 1 aliphatic carbocycles. The Labute approximate surface area is 133 Å². The summed E-state index contributed by atoms with van der Waals surface area (Å²) in [7, 11) is 0. The number of rotatable bonds is 4. The molecule has 21 heavy (non-hydrogen) atoms. The van der Waals surface area contributed by atoms with E-state index >= 15 is 0 Å². The third kappa shape index (κ3) is 2.69. The summed E-state index contributed by atoms with van der Waals surface area (Å²) in [5.74, 6) is 1.73. The van der Waals surface area contributed by atoms with E-state index in [-0.39, 0.29) is 29.7 Å². The zero-order valence-electron chi connectivity index (χ0n) is 13.6. The lowest BCUT2D eigenvalue weighted by Gasteiger charge is -2.42. The summed E-state index contributed by atoms with van der Waals surface area (Å²) in [6.07, 6.45) is 3.15. The van der Waals surface area contributed by atoms with E-state index in [9.17, 15) is 9.59 Å². The maximum absolute atomic E-state index is 13.0. The maximum atomic E-state index is 13.0. The highest BCUT2D eigenvalue weighted by Gasteiger charge is 2.58. The van der Waals surface area contributed by atoms with Crippen LogP contribution in [-0.2, 0) is 4.79 Å². The first-order valence-electron chi connectivity index (χ1n) is 8.09. The van der Waals surface area contributed by atoms with Crippen LogP contribution in [0.15, 0.2) is 0 Å². The fourth-order valence-electron chi connectivity index (χ4n) is 3.83. The number of nitrogens with one attached hydrogen (secondary N) is 1. The SMILES string of the molecule is CC(C)C(CS)CN1C(=O)NC2(C1=O)C(C)CCCC2C. The van der Waals surface area contributed by atoms with E-state index in [1.165, 1.54) is 4.90 Å². The number of urea groups is 1. The van der Waals surface area contributed by atoms with Gasteiger partial charge in [-0.3, -0.25) is 9.69 Å². The van der Waals surface area contributed by atoms with Gasteiger partial charge in [0.1, 0.15) is 5.54 Å². The first-order chi connectivity index (χ1) is 9.84. The third-order valence-corrected chi connectivity index (χ3v) is 6.05. The summed E-state index contributed by atoms with van der Waals surface area (Å²) in [5.41, 5.74) is -0.673. The second kappa shape index (κ2) is 6.19. The molecular formula is C16H28N2O2S. The molecule has 0 bridgehead atoms. The molecule has 1 aliphatic heterocycles. The first-order valence-corrected chi connectivity index (χ1v) is 8.72. The second-order valence-electron chi connectivity index (χ2n) is 7.13. The Hall–Kier alpha value is -0.710. The van der Waals surface area contributed by atoms with E-state index in [1.54, 1.807) is 0 Å². The van der Waals surface area contributed by atoms with Gasteiger partial charge in [0.2, 0.25) is 0 Å². The average molecular weight is 312 g/mol. The van der Waals surface area contributed by atoms with E-state index in [0.29, 0.717) is 18.2 Å². The molecule has 1 spiro atoms. The minimum absolute atomic E-state index is 0.0142. The summed E-state index contributed by atoms with van der Waals surface area (Å²) < 4.78 is 0. The minimum Gasteiger partial charge on any atom is -0.323 e. The molecular weight excluding hydrogens is 284 g/mol. The Kier molecular flexibility index (Phi) is 4.91. The number of hydrogen-bond acceptors (Lipinski definition) is 3. The van der Waals surface area contributed by atoms with Crippen LogP contribution in [0.3, 0.4) is 0 Å². The molecule has 0 aromatic heterocycles. The largest absolute Gasteiger partial charge is 0.325 e. The van der Waals surface area contributed by atoms with Crippen molar-refractivity contribution in [3.8, 4) is 0 Å². The molecule has 0 radical (unpaired) electrons. The van der Waals surface area contributed by atoms with Crippen molar-refractivity contribution in [3.63, 3.8) is 0 Å². The van der Waals surface area contributed by atoms with Crippen molar-refractivity contribution in [1.29, 1.82) is 0 Å². The van der Waals surface area contributed by atoms with Crippen LogP contribution in [0.1, 0.15) is 47.0 Å². The van der Waals surface area contributed by atoms with E-state index in [2.05, 4.69) is 45.6 Å². The topological polar surface area (TPSA) is 49.4 Å². The van der Waals surface area contributed by atoms with Crippen molar-refractivity contribution in [3.05, 3.63) is 0 Å². The molecule has 3 amide bonds. The number of thiol groups is 1. The smallest absolute Gasteiger partial charge is 0.323 e. The lowest BCUT2D eigenvalue weighted by Crippen LogP contribution is -2.59. The fourth-order valence-corrected chi connectivity index (χ4v) is 4.37. The highest BCUT2D eigenvalue weighted by Crippen LogP contribution is 2.42. The number of imide groups is 1. The van der Waals surface area contributed by atoms with Gasteiger partial charge in [0.25, 0.3) is 5.91 Å². The fraction of sp³-hybridized carbons (Fsp3) is 0.875. The first kappa shape index (κ1) is 16.7. The molecule has 2 fully saturated rings. The minimum atomic E-state index is -0.673. The van der Waals surface area contributed by atoms with Crippen molar-refractivity contribution < 1.29 is 9.59 Å². The monoisotopic (exact) mass is 312 g/mol. The Morgan fingerprint density at radius 3 is 2.33 bits per heavy atom. The predicted octanol–water partition coefficient (Wildman–Crippen LogP) is 2.94. The Morgan fingerprint density at radius 1 is 1.29 bits per heavy atom. The van der Waals surface area contributed by atoms with Gasteiger partial charge >= 0.3 is 6.03 Å². The molecule has 2 rings (SSSR count). The van der Waals surface area contributed by atoms with E-state index < -0.39 is 5.54 Å². The van der Waals surface area contributed by atoms with Gasteiger partial charge in [-0.05, 0) is 42.3 Å². The molecule has 3 atom stereocenters. The summed E-state index contributed by atoms with van der Waals surface area (Å²) in [6.45, 7) is 8.89. The van der Waals surface area contributed by atoms with Crippen molar-refractivity contribution in [1.82, 2.24) is 10.2 Å². The molecule has 1 N–H and O–H groups in total. The van der Waals surface area contributed by atoms with Crippen molar-refractivity contribution >= 4 is 24.6 Å². The zero-order valence-corrected chi connectivity index (χ0v) is 14.5. The number of nitrogens with zero attached hydrogens (tertiary/aromatic N) is 1. The third-order valence-electron chi connectivity index (χ3n) is 5.58. The van der Waals surface area contributed by atoms with Gasteiger partial charge in [-0.2, -0.15) is 12.6 Å². The van der Waals surface area contributed by atoms with Gasteiger partial charge < -0.3 is 5.32 Å². The van der Waals surface area contributed by atoms with Crippen LogP contribution >= 0.6 is 12.6 Å². The van der Waals surface area contributed by atoms with E-state index in [0.717, 1.165) is 19.3 Å². The maximum Gasteiger partial charge on any atom is 0.325 e. The normalized spacial score (nSPS) is 34.7. The highest BCUT2D eigenvalue weighted by atomic mass is 32.1. The number of hydrogen-bond donors (Lipinski definition) is 2. The Morgan fingerprint density at radius 2 is 1.86 bits per heavy atom. The summed E-state index contributed by atoms with van der Waals surface area (Å²) in [5, 5.41) is 3.05. The number of carbonyl (C=O) groups excluding carboxylic acids is 2. The van der Waals surface area contributed by atoms with Gasteiger partial charge in [-0.1, -0.05) is 34.1 Å². The molecule has 3 unspecified atom stereocenters. The van der Waals surface area contributed by atoms with Crippen LogP contribution in [0.25, 0.3) is 0 Å². The van der Waals surface area contributed by atoms with Crippen molar-refractivity contribution in [2.75, 3.05) is 12.3 Å². The highest BCUT2D eigenvalue weighted by molar-refractivity contribution is 7.80. The second-order valence-corrected chi connectivity index (χ2v) is 7.50. The van der Waals surface area contributed by atoms with Crippen molar-refractivity contribution in [2.24, 2.45) is 23.7 Å². The predicted molar refractivity (Wildman–Crippen MR) is 87.3 cm³/mol.